The average molecular weight is 361 g/mol. The van der Waals surface area contributed by atoms with Crippen molar-refractivity contribution in [1.82, 2.24) is 0 Å². The maximum absolute atomic E-state index is 13.3. The van der Waals surface area contributed by atoms with Crippen LogP contribution in [0, 0.1) is 21.8 Å². The number of nitro groups is 1. The van der Waals surface area contributed by atoms with Crippen LogP contribution in [0.4, 0.5) is 10.1 Å². The highest BCUT2D eigenvalue weighted by Crippen LogP contribution is 2.28. The van der Waals surface area contributed by atoms with Crippen molar-refractivity contribution in [2.24, 2.45) is 5.92 Å². The van der Waals surface area contributed by atoms with Gasteiger partial charge >= 0.3 is 17.6 Å². The van der Waals surface area contributed by atoms with Crippen LogP contribution in [0.3, 0.4) is 0 Å². The van der Waals surface area contributed by atoms with Crippen LogP contribution >= 0.6 is 0 Å². The zero-order valence-electron chi connectivity index (χ0n) is 14.1. The number of rotatable bonds is 6. The van der Waals surface area contributed by atoms with Crippen molar-refractivity contribution >= 4 is 17.6 Å². The standard InChI is InChI=1S/C18H16FNO6/c1-11(2)10-25-17(21)12-4-3-5-13(8-12)18(22)26-16-9-14(19)6-7-15(16)20(23)24/h3-9,11H,10H2,1-2H3. The lowest BCUT2D eigenvalue weighted by Gasteiger charge is -2.08. The molecule has 2 aromatic rings. The van der Waals surface area contributed by atoms with Crippen LogP contribution < -0.4 is 4.74 Å². The van der Waals surface area contributed by atoms with Crippen LogP contribution in [-0.2, 0) is 4.74 Å². The van der Waals surface area contributed by atoms with E-state index in [0.717, 1.165) is 18.2 Å². The second-order valence-electron chi connectivity index (χ2n) is 5.83. The molecule has 136 valence electrons. The van der Waals surface area contributed by atoms with Gasteiger partial charge in [-0.05, 0) is 30.2 Å². The number of carbonyl (C=O) groups excluding carboxylic acids is 2. The molecule has 0 unspecified atom stereocenters. The van der Waals surface area contributed by atoms with Gasteiger partial charge in [0.15, 0.2) is 0 Å². The molecule has 0 heterocycles. The first-order valence-electron chi connectivity index (χ1n) is 7.71. The molecule has 0 amide bonds. The number of nitro benzene ring substituents is 1. The lowest BCUT2D eigenvalue weighted by molar-refractivity contribution is -0.385. The second kappa shape index (κ2) is 8.19. The molecule has 0 saturated heterocycles. The Bertz CT molecular complexity index is 849. The summed E-state index contributed by atoms with van der Waals surface area (Å²) >= 11 is 0. The molecule has 26 heavy (non-hydrogen) atoms. The molecule has 0 aromatic heterocycles. The summed E-state index contributed by atoms with van der Waals surface area (Å²) in [5, 5.41) is 11.0. The maximum Gasteiger partial charge on any atom is 0.343 e. The maximum atomic E-state index is 13.3. The zero-order chi connectivity index (χ0) is 19.3. The Morgan fingerprint density at radius 2 is 1.77 bits per heavy atom. The molecule has 0 aliphatic carbocycles. The third-order valence-corrected chi connectivity index (χ3v) is 3.20. The van der Waals surface area contributed by atoms with Gasteiger partial charge in [-0.25, -0.2) is 14.0 Å². The van der Waals surface area contributed by atoms with E-state index in [4.69, 9.17) is 9.47 Å². The molecule has 0 bridgehead atoms. The van der Waals surface area contributed by atoms with Gasteiger partial charge in [-0.3, -0.25) is 10.1 Å². The quantitative estimate of drug-likeness (QED) is 0.336. The van der Waals surface area contributed by atoms with Crippen molar-refractivity contribution in [3.8, 4) is 5.75 Å². The molecule has 0 atom stereocenters. The number of nitrogens with zero attached hydrogens (tertiary/aromatic N) is 1. The number of hydrogen-bond donors (Lipinski definition) is 0. The van der Waals surface area contributed by atoms with Crippen LogP contribution in [0.2, 0.25) is 0 Å². The van der Waals surface area contributed by atoms with Gasteiger partial charge in [-0.1, -0.05) is 19.9 Å². The van der Waals surface area contributed by atoms with E-state index in [1.807, 2.05) is 13.8 Å². The highest BCUT2D eigenvalue weighted by molar-refractivity contribution is 5.96. The van der Waals surface area contributed by atoms with Gasteiger partial charge in [0, 0.05) is 12.1 Å². The molecule has 0 N–H and O–H groups in total. The van der Waals surface area contributed by atoms with Gasteiger partial charge in [0.1, 0.15) is 5.82 Å². The smallest absolute Gasteiger partial charge is 0.343 e. The molecule has 0 aliphatic rings. The second-order valence-corrected chi connectivity index (χ2v) is 5.83. The number of halogens is 1. The van der Waals surface area contributed by atoms with Gasteiger partial charge < -0.3 is 9.47 Å². The van der Waals surface area contributed by atoms with Crippen molar-refractivity contribution in [2.45, 2.75) is 13.8 Å². The largest absolute Gasteiger partial charge is 0.462 e. The summed E-state index contributed by atoms with van der Waals surface area (Å²) in [4.78, 5) is 34.3. The molecule has 7 nitrogen and oxygen atoms in total. The predicted molar refractivity (Wildman–Crippen MR) is 89.6 cm³/mol. The number of esters is 2. The monoisotopic (exact) mass is 361 g/mol. The van der Waals surface area contributed by atoms with E-state index in [1.165, 1.54) is 24.3 Å². The molecule has 0 spiro atoms. The predicted octanol–water partition coefficient (Wildman–Crippen LogP) is 3.77. The normalized spacial score (nSPS) is 10.5. The van der Waals surface area contributed by atoms with Crippen LogP contribution in [0.1, 0.15) is 34.6 Å². The van der Waals surface area contributed by atoms with Crippen LogP contribution in [0.15, 0.2) is 42.5 Å². The van der Waals surface area contributed by atoms with Crippen molar-refractivity contribution in [3.05, 3.63) is 69.5 Å². The SMILES string of the molecule is CC(C)COC(=O)c1cccc(C(=O)Oc2cc(F)ccc2[N+](=O)[O-])c1. The van der Waals surface area contributed by atoms with E-state index >= 15 is 0 Å². The fraction of sp³-hybridized carbons (Fsp3) is 0.222. The first-order chi connectivity index (χ1) is 12.3. The number of hydrogen-bond acceptors (Lipinski definition) is 6. The summed E-state index contributed by atoms with van der Waals surface area (Å²) in [6.07, 6.45) is 0. The third-order valence-electron chi connectivity index (χ3n) is 3.20. The number of ether oxygens (including phenoxy) is 2. The molecule has 8 heteroatoms. The molecular weight excluding hydrogens is 345 g/mol. The Hall–Kier alpha value is -3.29. The Balaban J connectivity index is 2.21. The summed E-state index contributed by atoms with van der Waals surface area (Å²) in [7, 11) is 0. The fourth-order valence-electron chi connectivity index (χ4n) is 1.98. The van der Waals surface area contributed by atoms with Gasteiger partial charge in [-0.15, -0.1) is 0 Å². The average Bonchev–Trinajstić information content (AvgIpc) is 2.59. The Morgan fingerprint density at radius 3 is 2.38 bits per heavy atom. The minimum Gasteiger partial charge on any atom is -0.462 e. The molecule has 0 aliphatic heterocycles. The van der Waals surface area contributed by atoms with Crippen LogP contribution in [-0.4, -0.2) is 23.5 Å². The molecule has 0 radical (unpaired) electrons. The lowest BCUT2D eigenvalue weighted by atomic mass is 10.1. The summed E-state index contributed by atoms with van der Waals surface area (Å²) < 4.78 is 23.3. The van der Waals surface area contributed by atoms with Gasteiger partial charge in [0.2, 0.25) is 5.75 Å². The van der Waals surface area contributed by atoms with E-state index in [0.29, 0.717) is 0 Å². The third kappa shape index (κ3) is 4.85. The minimum absolute atomic E-state index is 0.0254. The number of carbonyl (C=O) groups is 2. The van der Waals surface area contributed by atoms with E-state index in [9.17, 15) is 24.1 Å². The van der Waals surface area contributed by atoms with Gasteiger partial charge in [-0.2, -0.15) is 0 Å². The molecule has 2 aromatic carbocycles. The lowest BCUT2D eigenvalue weighted by Crippen LogP contribution is -2.13. The van der Waals surface area contributed by atoms with E-state index < -0.39 is 34.1 Å². The highest BCUT2D eigenvalue weighted by Gasteiger charge is 2.20. The summed E-state index contributed by atoms with van der Waals surface area (Å²) in [5.41, 5.74) is -0.441. The Morgan fingerprint density at radius 1 is 1.12 bits per heavy atom. The van der Waals surface area contributed by atoms with Crippen LogP contribution in [0.5, 0.6) is 5.75 Å². The Labute approximate surface area is 148 Å². The highest BCUT2D eigenvalue weighted by atomic mass is 19.1. The van der Waals surface area contributed by atoms with Gasteiger partial charge in [0.05, 0.1) is 22.7 Å². The van der Waals surface area contributed by atoms with E-state index in [1.54, 1.807) is 0 Å². The minimum atomic E-state index is -0.961. The van der Waals surface area contributed by atoms with Crippen molar-refractivity contribution < 1.29 is 28.4 Å². The molecule has 0 fully saturated rings. The molecular formula is C18H16FNO6. The zero-order valence-corrected chi connectivity index (χ0v) is 14.1. The van der Waals surface area contributed by atoms with Crippen molar-refractivity contribution in [1.29, 1.82) is 0 Å². The van der Waals surface area contributed by atoms with Gasteiger partial charge in [0.25, 0.3) is 0 Å². The fourth-order valence-corrected chi connectivity index (χ4v) is 1.98. The number of benzene rings is 2. The van der Waals surface area contributed by atoms with E-state index in [-0.39, 0.29) is 23.7 Å². The first kappa shape index (κ1) is 19.0. The van der Waals surface area contributed by atoms with Crippen molar-refractivity contribution in [3.63, 3.8) is 0 Å². The summed E-state index contributed by atoms with van der Waals surface area (Å²) in [6.45, 7) is 3.99. The van der Waals surface area contributed by atoms with Crippen molar-refractivity contribution in [2.75, 3.05) is 6.61 Å². The van der Waals surface area contributed by atoms with E-state index in [2.05, 4.69) is 0 Å². The van der Waals surface area contributed by atoms with Crippen LogP contribution in [0.25, 0.3) is 0 Å². The first-order valence-corrected chi connectivity index (χ1v) is 7.71. The summed E-state index contributed by atoms with van der Waals surface area (Å²) in [6, 6.07) is 8.06. The Kier molecular flexibility index (Phi) is 6.00. The summed E-state index contributed by atoms with van der Waals surface area (Å²) in [5.74, 6) is -2.72. The topological polar surface area (TPSA) is 95.7 Å². The molecule has 2 rings (SSSR count). The molecule has 0 saturated carbocycles.